The highest BCUT2D eigenvalue weighted by Gasteiger charge is 2.24. The minimum Gasteiger partial charge on any atom is -0.343 e. The third-order valence-corrected chi connectivity index (χ3v) is 6.28. The van der Waals surface area contributed by atoms with Gasteiger partial charge in [-0.15, -0.1) is 23.7 Å². The van der Waals surface area contributed by atoms with E-state index in [0.717, 1.165) is 45.4 Å². The monoisotopic (exact) mass is 417 g/mol. The first-order chi connectivity index (χ1) is 13.0. The topological polar surface area (TPSA) is 82.7 Å². The van der Waals surface area contributed by atoms with Crippen LogP contribution in [0.15, 0.2) is 24.3 Å². The molecule has 3 N–H and O–H groups in total. The van der Waals surface area contributed by atoms with E-state index in [-0.39, 0.29) is 24.4 Å². The van der Waals surface area contributed by atoms with E-state index in [2.05, 4.69) is 52.0 Å². The molecule has 0 saturated carbocycles. The summed E-state index contributed by atoms with van der Waals surface area (Å²) in [7, 11) is 0. The van der Waals surface area contributed by atoms with Crippen molar-refractivity contribution in [2.75, 3.05) is 6.54 Å². The molecule has 0 saturated heterocycles. The highest BCUT2D eigenvalue weighted by molar-refractivity contribution is 7.15. The summed E-state index contributed by atoms with van der Waals surface area (Å²) in [6.45, 7) is 7.65. The van der Waals surface area contributed by atoms with E-state index in [9.17, 15) is 4.79 Å². The molecule has 1 aromatic carbocycles. The molecule has 1 aliphatic rings. The zero-order chi connectivity index (χ0) is 19.0. The molecule has 0 aliphatic carbocycles. The number of thiazole rings is 1. The first-order valence-electron chi connectivity index (χ1n) is 9.15. The summed E-state index contributed by atoms with van der Waals surface area (Å²) in [6, 6.07) is 8.23. The van der Waals surface area contributed by atoms with Crippen molar-refractivity contribution in [3.05, 3.63) is 57.4 Å². The number of aromatic amines is 1. The Hall–Kier alpha value is -2.22. The van der Waals surface area contributed by atoms with Crippen molar-refractivity contribution in [1.29, 1.82) is 0 Å². The van der Waals surface area contributed by atoms with Crippen LogP contribution < -0.4 is 10.6 Å². The summed E-state index contributed by atoms with van der Waals surface area (Å²) in [6.07, 6.45) is 0.874. The van der Waals surface area contributed by atoms with Gasteiger partial charge in [-0.05, 0) is 20.8 Å². The van der Waals surface area contributed by atoms with Gasteiger partial charge in [0.1, 0.15) is 5.01 Å². The Bertz CT molecular complexity index is 979. The van der Waals surface area contributed by atoms with Crippen molar-refractivity contribution in [1.82, 2.24) is 25.8 Å². The van der Waals surface area contributed by atoms with Crippen LogP contribution in [0.25, 0.3) is 10.6 Å². The normalized spacial score (nSPS) is 14.1. The van der Waals surface area contributed by atoms with Crippen LogP contribution in [0.2, 0.25) is 0 Å². The lowest BCUT2D eigenvalue weighted by molar-refractivity contribution is 0.0934. The Morgan fingerprint density at radius 1 is 1.25 bits per heavy atom. The summed E-state index contributed by atoms with van der Waals surface area (Å²) in [5.41, 5.74) is 5.81. The minimum absolute atomic E-state index is 0. The molecular formula is C20H24ClN5OS. The number of H-pyrrole nitrogens is 1. The largest absolute Gasteiger partial charge is 0.343 e. The maximum Gasteiger partial charge on any atom is 0.272 e. The van der Waals surface area contributed by atoms with Gasteiger partial charge in [0.05, 0.1) is 16.6 Å². The molecule has 1 amide bonds. The molecule has 0 radical (unpaired) electrons. The van der Waals surface area contributed by atoms with Gasteiger partial charge >= 0.3 is 0 Å². The summed E-state index contributed by atoms with van der Waals surface area (Å²) >= 11 is 1.63. The van der Waals surface area contributed by atoms with Crippen LogP contribution >= 0.6 is 23.7 Å². The minimum atomic E-state index is -0.145. The van der Waals surface area contributed by atoms with Crippen LogP contribution in [0, 0.1) is 13.8 Å². The molecule has 8 heteroatoms. The molecule has 4 rings (SSSR count). The van der Waals surface area contributed by atoms with Gasteiger partial charge < -0.3 is 10.6 Å². The van der Waals surface area contributed by atoms with Crippen molar-refractivity contribution in [3.8, 4) is 10.6 Å². The number of fused-ring (bicyclic) bond motifs is 1. The van der Waals surface area contributed by atoms with Crippen molar-refractivity contribution in [3.63, 3.8) is 0 Å². The lowest BCUT2D eigenvalue weighted by atomic mass is 10.1. The van der Waals surface area contributed by atoms with Gasteiger partial charge in [-0.1, -0.05) is 29.8 Å². The van der Waals surface area contributed by atoms with Gasteiger partial charge in [0.25, 0.3) is 5.91 Å². The fourth-order valence-corrected chi connectivity index (χ4v) is 4.45. The average Bonchev–Trinajstić information content (AvgIpc) is 3.26. The van der Waals surface area contributed by atoms with Crippen LogP contribution in [-0.2, 0) is 13.0 Å². The number of benzene rings is 1. The Morgan fingerprint density at radius 3 is 2.75 bits per heavy atom. The standard InChI is InChI=1S/C20H23N5OS.ClH/c1-11-4-6-14(7-5-11)20-23-13(3)18(27-20)12(2)22-19(26)17-15-10-21-9-8-16(15)24-25-17;/h4-7,12,21H,8-10H2,1-3H3,(H,22,26)(H,24,25);1H. The number of carbonyl (C=O) groups excluding carboxylic acids is 1. The van der Waals surface area contributed by atoms with E-state index in [1.54, 1.807) is 11.3 Å². The predicted octanol–water partition coefficient (Wildman–Crippen LogP) is 3.71. The summed E-state index contributed by atoms with van der Waals surface area (Å²) in [4.78, 5) is 18.5. The highest BCUT2D eigenvalue weighted by Crippen LogP contribution is 2.32. The average molecular weight is 418 g/mol. The molecule has 28 heavy (non-hydrogen) atoms. The number of nitrogens with one attached hydrogen (secondary N) is 3. The van der Waals surface area contributed by atoms with Gasteiger partial charge in [-0.3, -0.25) is 9.89 Å². The third kappa shape index (κ3) is 3.97. The number of aromatic nitrogens is 3. The first kappa shape index (κ1) is 20.5. The molecular weight excluding hydrogens is 394 g/mol. The van der Waals surface area contributed by atoms with Crippen molar-refractivity contribution < 1.29 is 4.79 Å². The zero-order valence-corrected chi connectivity index (χ0v) is 17.8. The van der Waals surface area contributed by atoms with Gasteiger partial charge in [-0.2, -0.15) is 5.10 Å². The Morgan fingerprint density at radius 2 is 2.00 bits per heavy atom. The summed E-state index contributed by atoms with van der Waals surface area (Å²) in [5, 5.41) is 14.6. The molecule has 1 unspecified atom stereocenters. The maximum absolute atomic E-state index is 12.7. The first-order valence-corrected chi connectivity index (χ1v) is 9.96. The number of rotatable bonds is 4. The number of halogens is 1. The molecule has 0 fully saturated rings. The van der Waals surface area contributed by atoms with E-state index in [1.807, 2.05) is 13.8 Å². The fraction of sp³-hybridized carbons (Fsp3) is 0.350. The lowest BCUT2D eigenvalue weighted by Crippen LogP contribution is -2.30. The SMILES string of the molecule is Cc1ccc(-c2nc(C)c(C(C)NC(=O)c3n[nH]c4c3CNCC4)s2)cc1.Cl. The van der Waals surface area contributed by atoms with E-state index in [4.69, 9.17) is 4.98 Å². The number of aryl methyl sites for hydroxylation is 2. The third-order valence-electron chi connectivity index (χ3n) is 4.89. The maximum atomic E-state index is 12.7. The van der Waals surface area contributed by atoms with Crippen molar-refractivity contribution in [2.45, 2.75) is 39.8 Å². The van der Waals surface area contributed by atoms with Crippen LogP contribution in [0.5, 0.6) is 0 Å². The molecule has 2 aromatic heterocycles. The zero-order valence-electron chi connectivity index (χ0n) is 16.1. The molecule has 0 spiro atoms. The Labute approximate surface area is 174 Å². The number of nitrogens with zero attached hydrogens (tertiary/aromatic N) is 2. The molecule has 148 valence electrons. The quantitative estimate of drug-likeness (QED) is 0.604. The Kier molecular flexibility index (Phi) is 6.17. The second-order valence-corrected chi connectivity index (χ2v) is 8.02. The van der Waals surface area contributed by atoms with E-state index in [0.29, 0.717) is 12.2 Å². The van der Waals surface area contributed by atoms with Crippen LogP contribution in [-0.4, -0.2) is 27.6 Å². The predicted molar refractivity (Wildman–Crippen MR) is 114 cm³/mol. The molecule has 1 aliphatic heterocycles. The molecule has 1 atom stereocenters. The number of hydrogen-bond acceptors (Lipinski definition) is 5. The smallest absolute Gasteiger partial charge is 0.272 e. The summed E-state index contributed by atoms with van der Waals surface area (Å²) < 4.78 is 0. The molecule has 6 nitrogen and oxygen atoms in total. The van der Waals surface area contributed by atoms with Gasteiger partial charge in [0.15, 0.2) is 5.69 Å². The summed E-state index contributed by atoms with van der Waals surface area (Å²) in [5.74, 6) is -0.145. The van der Waals surface area contributed by atoms with Crippen molar-refractivity contribution >= 4 is 29.7 Å². The van der Waals surface area contributed by atoms with Crippen molar-refractivity contribution in [2.24, 2.45) is 0 Å². The van der Waals surface area contributed by atoms with Crippen LogP contribution in [0.4, 0.5) is 0 Å². The van der Waals surface area contributed by atoms with E-state index >= 15 is 0 Å². The van der Waals surface area contributed by atoms with E-state index in [1.165, 1.54) is 5.56 Å². The van der Waals surface area contributed by atoms with Gasteiger partial charge in [-0.25, -0.2) is 4.98 Å². The second kappa shape index (κ2) is 8.43. The second-order valence-electron chi connectivity index (χ2n) is 6.99. The molecule has 0 bridgehead atoms. The van der Waals surface area contributed by atoms with Crippen LogP contribution in [0.1, 0.15) is 50.8 Å². The van der Waals surface area contributed by atoms with E-state index < -0.39 is 0 Å². The molecule has 3 heterocycles. The number of amides is 1. The number of hydrogen-bond donors (Lipinski definition) is 3. The molecule has 3 aromatic rings. The lowest BCUT2D eigenvalue weighted by Gasteiger charge is -2.15. The number of carbonyl (C=O) groups is 1. The van der Waals surface area contributed by atoms with Gasteiger partial charge in [0.2, 0.25) is 0 Å². The Balaban J connectivity index is 0.00000225. The van der Waals surface area contributed by atoms with Gasteiger partial charge in [0, 0.05) is 36.3 Å². The fourth-order valence-electron chi connectivity index (χ4n) is 3.37. The van der Waals surface area contributed by atoms with Crippen LogP contribution in [0.3, 0.4) is 0 Å². The highest BCUT2D eigenvalue weighted by atomic mass is 35.5.